The summed E-state index contributed by atoms with van der Waals surface area (Å²) in [4.78, 5) is 0. The summed E-state index contributed by atoms with van der Waals surface area (Å²) >= 11 is 0. The van der Waals surface area contributed by atoms with E-state index in [4.69, 9.17) is 10.8 Å². The molecule has 0 spiro atoms. The molecule has 0 radical (unpaired) electrons. The summed E-state index contributed by atoms with van der Waals surface area (Å²) in [5, 5.41) is 8.98. The Morgan fingerprint density at radius 2 is 1.75 bits per heavy atom. The molecule has 0 heterocycles. The smallest absolute Gasteiger partial charge is 0.0624 e. The fourth-order valence-corrected chi connectivity index (χ4v) is 2.56. The standard InChI is InChI=1S/C14H21NO/c15-14(10-16)13-8-6-12(7-9-13)11-4-2-1-3-5-11/h6-9,11,14,16H,1-5,10,15H2/t14-/m0/s1. The number of hydrogen-bond donors (Lipinski definition) is 2. The summed E-state index contributed by atoms with van der Waals surface area (Å²) in [7, 11) is 0. The number of hydrogen-bond acceptors (Lipinski definition) is 2. The van der Waals surface area contributed by atoms with Crippen molar-refractivity contribution in [1.29, 1.82) is 0 Å². The summed E-state index contributed by atoms with van der Waals surface area (Å²) in [6, 6.07) is 8.25. The van der Waals surface area contributed by atoms with Crippen LogP contribution in [0.3, 0.4) is 0 Å². The van der Waals surface area contributed by atoms with E-state index < -0.39 is 0 Å². The molecule has 88 valence electrons. The molecule has 0 unspecified atom stereocenters. The van der Waals surface area contributed by atoms with E-state index in [1.807, 2.05) is 0 Å². The number of rotatable bonds is 3. The third-order valence-corrected chi connectivity index (χ3v) is 3.64. The summed E-state index contributed by atoms with van der Waals surface area (Å²) < 4.78 is 0. The van der Waals surface area contributed by atoms with Gasteiger partial charge >= 0.3 is 0 Å². The minimum atomic E-state index is -0.236. The fourth-order valence-electron chi connectivity index (χ4n) is 2.56. The third kappa shape index (κ3) is 2.63. The van der Waals surface area contributed by atoms with Crippen molar-refractivity contribution in [1.82, 2.24) is 0 Å². The third-order valence-electron chi connectivity index (χ3n) is 3.64. The Labute approximate surface area is 97.5 Å². The first kappa shape index (κ1) is 11.6. The van der Waals surface area contributed by atoms with Crippen LogP contribution in [-0.2, 0) is 0 Å². The highest BCUT2D eigenvalue weighted by Crippen LogP contribution is 2.32. The predicted octanol–water partition coefficient (Wildman–Crippen LogP) is 2.73. The zero-order valence-corrected chi connectivity index (χ0v) is 9.73. The maximum Gasteiger partial charge on any atom is 0.0624 e. The molecule has 0 saturated heterocycles. The Bertz CT molecular complexity index is 314. The molecule has 1 fully saturated rings. The molecule has 0 bridgehead atoms. The van der Waals surface area contributed by atoms with Crippen LogP contribution in [0.5, 0.6) is 0 Å². The Balaban J connectivity index is 2.06. The molecule has 0 amide bonds. The number of aliphatic hydroxyl groups is 1. The summed E-state index contributed by atoms with van der Waals surface area (Å²) in [6.07, 6.45) is 6.77. The molecule has 3 N–H and O–H groups in total. The average molecular weight is 219 g/mol. The first-order chi connectivity index (χ1) is 7.81. The Kier molecular flexibility index (Phi) is 3.97. The Morgan fingerprint density at radius 1 is 1.12 bits per heavy atom. The molecule has 0 aliphatic heterocycles. The van der Waals surface area contributed by atoms with Gasteiger partial charge in [-0.15, -0.1) is 0 Å². The van der Waals surface area contributed by atoms with Crippen molar-refractivity contribution in [3.8, 4) is 0 Å². The van der Waals surface area contributed by atoms with Gasteiger partial charge in [0, 0.05) is 0 Å². The van der Waals surface area contributed by atoms with E-state index in [9.17, 15) is 0 Å². The monoisotopic (exact) mass is 219 g/mol. The lowest BCUT2D eigenvalue weighted by atomic mass is 9.84. The lowest BCUT2D eigenvalue weighted by molar-refractivity contribution is 0.268. The average Bonchev–Trinajstić information content (AvgIpc) is 2.39. The highest BCUT2D eigenvalue weighted by molar-refractivity contribution is 5.27. The Morgan fingerprint density at radius 3 is 2.31 bits per heavy atom. The van der Waals surface area contributed by atoms with Gasteiger partial charge in [0.05, 0.1) is 12.6 Å². The van der Waals surface area contributed by atoms with Crippen molar-refractivity contribution in [3.63, 3.8) is 0 Å². The highest BCUT2D eigenvalue weighted by Gasteiger charge is 2.15. The summed E-state index contributed by atoms with van der Waals surface area (Å²) in [6.45, 7) is 0.0166. The first-order valence-electron chi connectivity index (χ1n) is 6.27. The van der Waals surface area contributed by atoms with Gasteiger partial charge in [-0.2, -0.15) is 0 Å². The zero-order chi connectivity index (χ0) is 11.4. The lowest BCUT2D eigenvalue weighted by Crippen LogP contribution is -2.14. The second-order valence-corrected chi connectivity index (χ2v) is 4.79. The van der Waals surface area contributed by atoms with Crippen LogP contribution in [0.4, 0.5) is 0 Å². The van der Waals surface area contributed by atoms with Gasteiger partial charge < -0.3 is 10.8 Å². The molecule has 1 aliphatic rings. The van der Waals surface area contributed by atoms with Crippen LogP contribution in [0, 0.1) is 0 Å². The van der Waals surface area contributed by atoms with Crippen molar-refractivity contribution >= 4 is 0 Å². The van der Waals surface area contributed by atoms with Crippen LogP contribution in [0.15, 0.2) is 24.3 Å². The van der Waals surface area contributed by atoms with Crippen molar-refractivity contribution in [3.05, 3.63) is 35.4 Å². The molecule has 1 saturated carbocycles. The molecule has 16 heavy (non-hydrogen) atoms. The van der Waals surface area contributed by atoms with Crippen molar-refractivity contribution in [2.45, 2.75) is 44.1 Å². The van der Waals surface area contributed by atoms with Crippen LogP contribution in [0.25, 0.3) is 0 Å². The normalized spacial score (nSPS) is 19.6. The van der Waals surface area contributed by atoms with Gasteiger partial charge in [0.2, 0.25) is 0 Å². The van der Waals surface area contributed by atoms with Gasteiger partial charge in [-0.25, -0.2) is 0 Å². The number of aliphatic hydroxyl groups excluding tert-OH is 1. The summed E-state index contributed by atoms with van der Waals surface area (Å²) in [5.74, 6) is 0.744. The highest BCUT2D eigenvalue weighted by atomic mass is 16.3. The largest absolute Gasteiger partial charge is 0.394 e. The Hall–Kier alpha value is -0.860. The van der Waals surface area contributed by atoms with Gasteiger partial charge in [0.1, 0.15) is 0 Å². The lowest BCUT2D eigenvalue weighted by Gasteiger charge is -2.22. The minimum Gasteiger partial charge on any atom is -0.394 e. The van der Waals surface area contributed by atoms with E-state index in [0.29, 0.717) is 0 Å². The van der Waals surface area contributed by atoms with Crippen LogP contribution >= 0.6 is 0 Å². The maximum absolute atomic E-state index is 8.98. The van der Waals surface area contributed by atoms with Crippen molar-refractivity contribution in [2.75, 3.05) is 6.61 Å². The molecular weight excluding hydrogens is 198 g/mol. The van der Waals surface area contributed by atoms with Crippen LogP contribution in [0.2, 0.25) is 0 Å². The van der Waals surface area contributed by atoms with Gasteiger partial charge in [0.25, 0.3) is 0 Å². The number of nitrogens with two attached hydrogens (primary N) is 1. The number of benzene rings is 1. The van der Waals surface area contributed by atoms with Crippen molar-refractivity contribution in [2.24, 2.45) is 5.73 Å². The van der Waals surface area contributed by atoms with Gasteiger partial charge in [0.15, 0.2) is 0 Å². The maximum atomic E-state index is 8.98. The van der Waals surface area contributed by atoms with E-state index in [2.05, 4.69) is 24.3 Å². The fraction of sp³-hybridized carbons (Fsp3) is 0.571. The van der Waals surface area contributed by atoms with E-state index >= 15 is 0 Å². The SMILES string of the molecule is N[C@@H](CO)c1ccc(C2CCCCC2)cc1. The molecule has 2 heteroatoms. The van der Waals surface area contributed by atoms with Gasteiger partial charge in [-0.05, 0) is 29.9 Å². The second-order valence-electron chi connectivity index (χ2n) is 4.79. The molecule has 1 aromatic carbocycles. The van der Waals surface area contributed by atoms with E-state index in [0.717, 1.165) is 11.5 Å². The molecule has 0 aromatic heterocycles. The minimum absolute atomic E-state index is 0.0166. The van der Waals surface area contributed by atoms with E-state index in [-0.39, 0.29) is 12.6 Å². The second kappa shape index (κ2) is 5.46. The van der Waals surface area contributed by atoms with Crippen molar-refractivity contribution < 1.29 is 5.11 Å². The van der Waals surface area contributed by atoms with Gasteiger partial charge in [-0.3, -0.25) is 0 Å². The molecule has 2 rings (SSSR count). The molecule has 1 aliphatic carbocycles. The zero-order valence-electron chi connectivity index (χ0n) is 9.73. The predicted molar refractivity (Wildman–Crippen MR) is 66.3 cm³/mol. The van der Waals surface area contributed by atoms with E-state index in [1.165, 1.54) is 37.7 Å². The topological polar surface area (TPSA) is 46.2 Å². The van der Waals surface area contributed by atoms with Crippen LogP contribution in [-0.4, -0.2) is 11.7 Å². The molecule has 1 atom stereocenters. The molecular formula is C14H21NO. The summed E-state index contributed by atoms with van der Waals surface area (Å²) in [5.41, 5.74) is 8.24. The van der Waals surface area contributed by atoms with E-state index in [1.54, 1.807) is 0 Å². The van der Waals surface area contributed by atoms with Crippen LogP contribution < -0.4 is 5.73 Å². The first-order valence-corrected chi connectivity index (χ1v) is 6.27. The van der Waals surface area contributed by atoms with Crippen LogP contribution in [0.1, 0.15) is 55.2 Å². The molecule has 1 aromatic rings. The van der Waals surface area contributed by atoms with Gasteiger partial charge in [-0.1, -0.05) is 43.5 Å². The quantitative estimate of drug-likeness (QED) is 0.821. The molecule has 2 nitrogen and oxygen atoms in total.